The van der Waals surface area contributed by atoms with E-state index < -0.39 is 12.1 Å². The molecule has 0 fully saturated rings. The number of hydrogen-bond donors (Lipinski definition) is 1. The van der Waals surface area contributed by atoms with E-state index in [1.807, 2.05) is 59.8 Å². The van der Waals surface area contributed by atoms with Gasteiger partial charge in [-0.2, -0.15) is 13.2 Å². The van der Waals surface area contributed by atoms with Crippen molar-refractivity contribution < 1.29 is 27.9 Å². The van der Waals surface area contributed by atoms with Crippen LogP contribution in [-0.2, 0) is 4.79 Å². The van der Waals surface area contributed by atoms with Crippen LogP contribution in [0.2, 0.25) is 0 Å². The molecule has 0 radical (unpaired) electrons. The molecule has 0 aliphatic carbocycles. The Kier molecular flexibility index (Phi) is 8.11. The molecule has 1 amide bonds. The van der Waals surface area contributed by atoms with E-state index in [-0.39, 0.29) is 5.91 Å². The van der Waals surface area contributed by atoms with Gasteiger partial charge in [-0.3, -0.25) is 14.1 Å². The zero-order chi connectivity index (χ0) is 23.2. The van der Waals surface area contributed by atoms with Crippen LogP contribution >= 0.6 is 15.9 Å². The topological polar surface area (TPSA) is 91.0 Å². The lowest BCUT2D eigenvalue weighted by Gasteiger charge is -2.22. The fourth-order valence-corrected chi connectivity index (χ4v) is 2.79. The van der Waals surface area contributed by atoms with Gasteiger partial charge in [-0.05, 0) is 54.3 Å². The molecule has 3 rings (SSSR count). The standard InChI is InChI=1S/C17H18BrN5O.C2HF3O2/c1-21(2)10-11-22(15-7-3-4-9-19-15)17(24)13-12-23-14(18)6-5-8-16(23)20-13;3-2(4,5)1(6)7/h3-9,12H,10-11H2,1-2H3;(H,6,7). The van der Waals surface area contributed by atoms with Gasteiger partial charge in [0.2, 0.25) is 0 Å². The van der Waals surface area contributed by atoms with E-state index in [4.69, 9.17) is 9.90 Å². The molecule has 0 saturated carbocycles. The third kappa shape index (κ3) is 6.76. The van der Waals surface area contributed by atoms with Gasteiger partial charge in [-0.1, -0.05) is 12.1 Å². The summed E-state index contributed by atoms with van der Waals surface area (Å²) in [6.45, 7) is 1.28. The molecule has 0 atom stereocenters. The van der Waals surface area contributed by atoms with Gasteiger partial charge in [0.05, 0.1) is 4.60 Å². The summed E-state index contributed by atoms with van der Waals surface area (Å²) in [6.07, 6.45) is -1.65. The maximum atomic E-state index is 13.0. The van der Waals surface area contributed by atoms with Crippen LogP contribution in [0.1, 0.15) is 10.5 Å². The Morgan fingerprint density at radius 1 is 1.13 bits per heavy atom. The molecule has 0 aliphatic rings. The van der Waals surface area contributed by atoms with Crippen LogP contribution in [0.25, 0.3) is 5.65 Å². The molecule has 0 bridgehead atoms. The molecule has 3 aromatic heterocycles. The van der Waals surface area contributed by atoms with E-state index in [0.717, 1.165) is 16.8 Å². The molecule has 0 aromatic carbocycles. The number of pyridine rings is 2. The van der Waals surface area contributed by atoms with Gasteiger partial charge in [0.25, 0.3) is 5.91 Å². The van der Waals surface area contributed by atoms with Gasteiger partial charge in [-0.25, -0.2) is 14.8 Å². The number of likely N-dealkylation sites (N-methyl/N-ethyl adjacent to an activating group) is 1. The number of aromatic nitrogens is 3. The summed E-state index contributed by atoms with van der Waals surface area (Å²) in [4.78, 5) is 34.4. The Hall–Kier alpha value is -2.99. The van der Waals surface area contributed by atoms with Gasteiger partial charge in [0.15, 0.2) is 0 Å². The van der Waals surface area contributed by atoms with Crippen LogP contribution in [0.15, 0.2) is 53.4 Å². The van der Waals surface area contributed by atoms with Crippen LogP contribution in [0.5, 0.6) is 0 Å². The van der Waals surface area contributed by atoms with E-state index in [1.54, 1.807) is 17.3 Å². The van der Waals surface area contributed by atoms with E-state index in [2.05, 4.69) is 25.9 Å². The molecule has 12 heteroatoms. The van der Waals surface area contributed by atoms with Gasteiger partial charge in [-0.15, -0.1) is 0 Å². The predicted molar refractivity (Wildman–Crippen MR) is 111 cm³/mol. The Morgan fingerprint density at radius 3 is 2.32 bits per heavy atom. The molecule has 166 valence electrons. The molecular weight excluding hydrogens is 483 g/mol. The highest BCUT2D eigenvalue weighted by Crippen LogP contribution is 2.18. The summed E-state index contributed by atoms with van der Waals surface area (Å²) in [5.74, 6) is -2.29. The Morgan fingerprint density at radius 2 is 1.81 bits per heavy atom. The van der Waals surface area contributed by atoms with Gasteiger partial charge in [0, 0.05) is 25.5 Å². The molecule has 1 N–H and O–H groups in total. The SMILES string of the molecule is CN(C)CCN(C(=O)c1cn2c(Br)cccc2n1)c1ccccn1.O=C(O)C(F)(F)F. The number of imidazole rings is 1. The lowest BCUT2D eigenvalue weighted by Crippen LogP contribution is -2.37. The average Bonchev–Trinajstić information content (AvgIpc) is 3.14. The molecule has 0 unspecified atom stereocenters. The lowest BCUT2D eigenvalue weighted by molar-refractivity contribution is -0.192. The second-order valence-corrected chi connectivity index (χ2v) is 7.27. The van der Waals surface area contributed by atoms with Crippen LogP contribution < -0.4 is 4.90 Å². The Bertz CT molecular complexity index is 1040. The van der Waals surface area contributed by atoms with Gasteiger partial charge >= 0.3 is 12.1 Å². The van der Waals surface area contributed by atoms with Crippen molar-refractivity contribution in [2.75, 3.05) is 32.1 Å². The summed E-state index contributed by atoms with van der Waals surface area (Å²) in [7, 11) is 3.95. The number of fused-ring (bicyclic) bond motifs is 1. The maximum Gasteiger partial charge on any atom is 0.490 e. The minimum absolute atomic E-state index is 0.161. The minimum Gasteiger partial charge on any atom is -0.475 e. The zero-order valence-corrected chi connectivity index (χ0v) is 18.1. The maximum absolute atomic E-state index is 13.0. The predicted octanol–water partition coefficient (Wildman–Crippen LogP) is 3.33. The van der Waals surface area contributed by atoms with E-state index in [1.165, 1.54) is 0 Å². The summed E-state index contributed by atoms with van der Waals surface area (Å²) >= 11 is 3.47. The van der Waals surface area contributed by atoms with E-state index >= 15 is 0 Å². The van der Waals surface area contributed by atoms with Crippen molar-refractivity contribution in [2.24, 2.45) is 0 Å². The number of alkyl halides is 3. The quantitative estimate of drug-likeness (QED) is 0.539. The number of anilines is 1. The molecule has 8 nitrogen and oxygen atoms in total. The van der Waals surface area contributed by atoms with Gasteiger partial charge in [0.1, 0.15) is 17.2 Å². The number of carbonyl (C=O) groups excluding carboxylic acids is 1. The number of nitrogens with zero attached hydrogens (tertiary/aromatic N) is 5. The highest BCUT2D eigenvalue weighted by atomic mass is 79.9. The smallest absolute Gasteiger partial charge is 0.475 e. The molecular formula is C19H19BrF3N5O3. The number of amides is 1. The first-order valence-electron chi connectivity index (χ1n) is 8.82. The molecule has 31 heavy (non-hydrogen) atoms. The number of carboxylic acids is 1. The summed E-state index contributed by atoms with van der Waals surface area (Å²) in [5.41, 5.74) is 1.12. The molecule has 0 spiro atoms. The van der Waals surface area contributed by atoms with Crippen molar-refractivity contribution >= 4 is 39.3 Å². The first kappa shape index (κ1) is 24.3. The van der Waals surface area contributed by atoms with Crippen LogP contribution in [0.4, 0.5) is 19.0 Å². The monoisotopic (exact) mass is 501 g/mol. The highest BCUT2D eigenvalue weighted by molar-refractivity contribution is 9.10. The number of hydrogen-bond acceptors (Lipinski definition) is 5. The lowest BCUT2D eigenvalue weighted by atomic mass is 10.3. The second kappa shape index (κ2) is 10.4. The third-order valence-corrected chi connectivity index (χ3v) is 4.49. The second-order valence-electron chi connectivity index (χ2n) is 6.45. The average molecular weight is 502 g/mol. The fraction of sp³-hybridized carbons (Fsp3) is 0.263. The number of carboxylic acid groups (broad SMARTS) is 1. The number of carbonyl (C=O) groups is 2. The highest BCUT2D eigenvalue weighted by Gasteiger charge is 2.38. The number of rotatable bonds is 5. The van der Waals surface area contributed by atoms with Crippen molar-refractivity contribution in [3.05, 3.63) is 59.1 Å². The third-order valence-electron chi connectivity index (χ3n) is 3.85. The summed E-state index contributed by atoms with van der Waals surface area (Å²) in [6, 6.07) is 11.2. The minimum atomic E-state index is -5.08. The first-order valence-corrected chi connectivity index (χ1v) is 9.61. The number of aliphatic carboxylic acids is 1. The summed E-state index contributed by atoms with van der Waals surface area (Å²) in [5, 5.41) is 7.12. The van der Waals surface area contributed by atoms with Crippen molar-refractivity contribution in [3.8, 4) is 0 Å². The molecule has 3 aromatic rings. The molecule has 3 heterocycles. The summed E-state index contributed by atoms with van der Waals surface area (Å²) < 4.78 is 34.4. The molecule has 0 aliphatic heterocycles. The van der Waals surface area contributed by atoms with Crippen LogP contribution in [0.3, 0.4) is 0 Å². The Labute approximate surface area is 184 Å². The first-order chi connectivity index (χ1) is 14.5. The number of halogens is 4. The van der Waals surface area contributed by atoms with Crippen LogP contribution in [0, 0.1) is 0 Å². The van der Waals surface area contributed by atoms with Gasteiger partial charge < -0.3 is 10.0 Å². The van der Waals surface area contributed by atoms with E-state index in [9.17, 15) is 18.0 Å². The van der Waals surface area contributed by atoms with Crippen molar-refractivity contribution in [3.63, 3.8) is 0 Å². The van der Waals surface area contributed by atoms with Crippen molar-refractivity contribution in [1.82, 2.24) is 19.3 Å². The normalized spacial score (nSPS) is 11.2. The molecule has 0 saturated heterocycles. The van der Waals surface area contributed by atoms with Crippen molar-refractivity contribution in [1.29, 1.82) is 0 Å². The van der Waals surface area contributed by atoms with Crippen LogP contribution in [-0.4, -0.2) is 69.6 Å². The fourth-order valence-electron chi connectivity index (χ4n) is 2.35. The largest absolute Gasteiger partial charge is 0.490 e. The van der Waals surface area contributed by atoms with E-state index in [0.29, 0.717) is 18.1 Å². The van der Waals surface area contributed by atoms with Crippen molar-refractivity contribution in [2.45, 2.75) is 6.18 Å². The zero-order valence-electron chi connectivity index (χ0n) is 16.5. The Balaban J connectivity index is 0.000000423.